The Bertz CT molecular complexity index is 265. The lowest BCUT2D eigenvalue weighted by molar-refractivity contribution is 0.385. The molecule has 1 aromatic heterocycles. The predicted octanol–water partition coefficient (Wildman–Crippen LogP) is 1.00. The summed E-state index contributed by atoms with van der Waals surface area (Å²) in [6.07, 6.45) is 10.9. The molecular weight excluding hydrogens is 200 g/mol. The van der Waals surface area contributed by atoms with Gasteiger partial charge >= 0.3 is 0 Å². The van der Waals surface area contributed by atoms with Crippen molar-refractivity contribution in [3.63, 3.8) is 0 Å². The second-order valence-corrected chi connectivity index (χ2v) is 4.51. The van der Waals surface area contributed by atoms with E-state index in [0.717, 1.165) is 19.6 Å². The number of imidazole rings is 1. The highest BCUT2D eigenvalue weighted by Gasteiger charge is 2.10. The molecule has 0 aliphatic carbocycles. The fourth-order valence-corrected chi connectivity index (χ4v) is 2.17. The second kappa shape index (κ2) is 6.66. The summed E-state index contributed by atoms with van der Waals surface area (Å²) in [7, 11) is 0. The quantitative estimate of drug-likeness (QED) is 0.706. The van der Waals surface area contributed by atoms with Gasteiger partial charge in [-0.1, -0.05) is 0 Å². The van der Waals surface area contributed by atoms with Crippen molar-refractivity contribution in [2.45, 2.75) is 38.3 Å². The second-order valence-electron chi connectivity index (χ2n) is 4.51. The van der Waals surface area contributed by atoms with E-state index in [-0.39, 0.29) is 0 Å². The molecule has 2 N–H and O–H groups in total. The molecule has 0 bridgehead atoms. The maximum absolute atomic E-state index is 4.03. The Hall–Kier alpha value is -0.870. The normalized spacial score (nSPS) is 21.1. The number of aromatic nitrogens is 2. The number of hydrogen-bond acceptors (Lipinski definition) is 3. The van der Waals surface area contributed by atoms with Gasteiger partial charge in [0.15, 0.2) is 0 Å². The highest BCUT2D eigenvalue weighted by Crippen LogP contribution is 2.01. The van der Waals surface area contributed by atoms with Gasteiger partial charge in [0.2, 0.25) is 0 Å². The van der Waals surface area contributed by atoms with Gasteiger partial charge in [0, 0.05) is 31.5 Å². The number of piperidine rings is 1. The minimum atomic E-state index is 0.696. The molecule has 1 atom stereocenters. The van der Waals surface area contributed by atoms with E-state index in [0.29, 0.717) is 6.04 Å². The van der Waals surface area contributed by atoms with Crippen molar-refractivity contribution in [2.24, 2.45) is 0 Å². The van der Waals surface area contributed by atoms with Gasteiger partial charge in [-0.25, -0.2) is 4.98 Å². The van der Waals surface area contributed by atoms with E-state index >= 15 is 0 Å². The van der Waals surface area contributed by atoms with Gasteiger partial charge in [0.25, 0.3) is 0 Å². The third-order valence-electron chi connectivity index (χ3n) is 3.13. The summed E-state index contributed by atoms with van der Waals surface area (Å²) in [6.45, 7) is 4.56. The van der Waals surface area contributed by atoms with Crippen LogP contribution in [-0.2, 0) is 6.54 Å². The lowest BCUT2D eigenvalue weighted by Gasteiger charge is -2.23. The molecule has 0 spiro atoms. The third-order valence-corrected chi connectivity index (χ3v) is 3.13. The van der Waals surface area contributed by atoms with Gasteiger partial charge in [-0.05, 0) is 38.8 Å². The van der Waals surface area contributed by atoms with Crippen molar-refractivity contribution in [3.05, 3.63) is 18.7 Å². The Kier molecular flexibility index (Phi) is 4.83. The highest BCUT2D eigenvalue weighted by molar-refractivity contribution is 4.75. The first-order valence-corrected chi connectivity index (χ1v) is 6.35. The number of unbranched alkanes of at least 4 members (excludes halogenated alkanes) is 1. The number of nitrogens with one attached hydrogen (secondary N) is 2. The van der Waals surface area contributed by atoms with Crippen LogP contribution in [0.3, 0.4) is 0 Å². The van der Waals surface area contributed by atoms with Crippen molar-refractivity contribution in [3.8, 4) is 0 Å². The van der Waals surface area contributed by atoms with Crippen LogP contribution in [0.4, 0.5) is 0 Å². The largest absolute Gasteiger partial charge is 0.337 e. The maximum atomic E-state index is 4.03. The molecule has 1 unspecified atom stereocenters. The zero-order chi connectivity index (χ0) is 11.1. The van der Waals surface area contributed by atoms with Crippen LogP contribution in [0.2, 0.25) is 0 Å². The third kappa shape index (κ3) is 3.94. The fourth-order valence-electron chi connectivity index (χ4n) is 2.17. The van der Waals surface area contributed by atoms with Gasteiger partial charge < -0.3 is 15.2 Å². The van der Waals surface area contributed by atoms with Crippen molar-refractivity contribution < 1.29 is 0 Å². The first-order valence-electron chi connectivity index (χ1n) is 6.35. The molecule has 2 heterocycles. The van der Waals surface area contributed by atoms with Crippen LogP contribution in [0.5, 0.6) is 0 Å². The van der Waals surface area contributed by atoms with Crippen LogP contribution in [0, 0.1) is 0 Å². The Morgan fingerprint density at radius 1 is 1.44 bits per heavy atom. The van der Waals surface area contributed by atoms with Crippen molar-refractivity contribution in [2.75, 3.05) is 19.6 Å². The molecule has 90 valence electrons. The average Bonchev–Trinajstić information content (AvgIpc) is 2.83. The predicted molar refractivity (Wildman–Crippen MR) is 65.4 cm³/mol. The average molecular weight is 222 g/mol. The molecule has 0 aromatic carbocycles. The van der Waals surface area contributed by atoms with E-state index in [2.05, 4.69) is 20.2 Å². The van der Waals surface area contributed by atoms with E-state index in [1.807, 2.05) is 18.7 Å². The summed E-state index contributed by atoms with van der Waals surface area (Å²) >= 11 is 0. The van der Waals surface area contributed by atoms with Gasteiger partial charge in [-0.3, -0.25) is 0 Å². The van der Waals surface area contributed by atoms with Crippen molar-refractivity contribution >= 4 is 0 Å². The van der Waals surface area contributed by atoms with Crippen molar-refractivity contribution in [1.29, 1.82) is 0 Å². The minimum Gasteiger partial charge on any atom is -0.337 e. The Balaban J connectivity index is 1.48. The van der Waals surface area contributed by atoms with E-state index in [9.17, 15) is 0 Å². The fraction of sp³-hybridized carbons (Fsp3) is 0.750. The molecule has 0 amide bonds. The number of hydrogen-bond donors (Lipinski definition) is 2. The van der Waals surface area contributed by atoms with Crippen LogP contribution in [0.1, 0.15) is 25.7 Å². The monoisotopic (exact) mass is 222 g/mol. The van der Waals surface area contributed by atoms with E-state index in [1.54, 1.807) is 0 Å². The number of aryl methyl sites for hydroxylation is 1. The summed E-state index contributed by atoms with van der Waals surface area (Å²) < 4.78 is 2.14. The van der Waals surface area contributed by atoms with E-state index in [4.69, 9.17) is 0 Å². The van der Waals surface area contributed by atoms with Crippen LogP contribution in [0.25, 0.3) is 0 Å². The molecule has 0 saturated carbocycles. The minimum absolute atomic E-state index is 0.696. The van der Waals surface area contributed by atoms with Gasteiger partial charge in [-0.2, -0.15) is 0 Å². The maximum Gasteiger partial charge on any atom is 0.0945 e. The summed E-state index contributed by atoms with van der Waals surface area (Å²) in [5, 5.41) is 7.04. The first kappa shape index (κ1) is 11.6. The zero-order valence-corrected chi connectivity index (χ0v) is 9.86. The smallest absolute Gasteiger partial charge is 0.0945 e. The van der Waals surface area contributed by atoms with Gasteiger partial charge in [0.1, 0.15) is 0 Å². The molecular formula is C12H22N4. The van der Waals surface area contributed by atoms with Crippen LogP contribution < -0.4 is 10.6 Å². The molecule has 2 rings (SSSR count). The molecule has 1 aromatic rings. The molecule has 1 fully saturated rings. The molecule has 1 aliphatic heterocycles. The SMILES string of the molecule is c1cn(CCCCNC2CCCNC2)cn1. The molecule has 1 saturated heterocycles. The topological polar surface area (TPSA) is 41.9 Å². The van der Waals surface area contributed by atoms with Gasteiger partial charge in [0.05, 0.1) is 6.33 Å². The summed E-state index contributed by atoms with van der Waals surface area (Å²) in [4.78, 5) is 4.03. The van der Waals surface area contributed by atoms with Gasteiger partial charge in [-0.15, -0.1) is 0 Å². The standard InChI is InChI=1S/C12H22N4/c1(2-8-16-9-7-14-11-16)6-15-12-4-3-5-13-10-12/h7,9,11-13,15H,1-6,8,10H2. The number of nitrogens with zero attached hydrogens (tertiary/aromatic N) is 2. The lowest BCUT2D eigenvalue weighted by atomic mass is 10.1. The molecule has 1 aliphatic rings. The molecule has 0 radical (unpaired) electrons. The zero-order valence-electron chi connectivity index (χ0n) is 9.86. The molecule has 4 heteroatoms. The van der Waals surface area contributed by atoms with Crippen LogP contribution in [0.15, 0.2) is 18.7 Å². The Labute approximate surface area is 97.4 Å². The summed E-state index contributed by atoms with van der Waals surface area (Å²) in [5.74, 6) is 0. The number of rotatable bonds is 6. The summed E-state index contributed by atoms with van der Waals surface area (Å²) in [6, 6.07) is 0.696. The van der Waals surface area contributed by atoms with E-state index < -0.39 is 0 Å². The molecule has 4 nitrogen and oxygen atoms in total. The Morgan fingerprint density at radius 3 is 3.19 bits per heavy atom. The first-order chi connectivity index (χ1) is 7.95. The van der Waals surface area contributed by atoms with Crippen LogP contribution in [-0.4, -0.2) is 35.2 Å². The highest BCUT2D eigenvalue weighted by atomic mass is 15.0. The van der Waals surface area contributed by atoms with E-state index in [1.165, 1.54) is 32.2 Å². The Morgan fingerprint density at radius 2 is 2.44 bits per heavy atom. The summed E-state index contributed by atoms with van der Waals surface area (Å²) in [5.41, 5.74) is 0. The molecule has 16 heavy (non-hydrogen) atoms. The van der Waals surface area contributed by atoms with Crippen LogP contribution >= 0.6 is 0 Å². The lowest BCUT2D eigenvalue weighted by Crippen LogP contribution is -2.43. The van der Waals surface area contributed by atoms with Crippen molar-refractivity contribution in [1.82, 2.24) is 20.2 Å².